The lowest BCUT2D eigenvalue weighted by atomic mass is 9.92. The van der Waals surface area contributed by atoms with Crippen molar-refractivity contribution in [2.45, 2.75) is 65.0 Å². The molecule has 0 unspecified atom stereocenters. The van der Waals surface area contributed by atoms with Gasteiger partial charge in [0.15, 0.2) is 0 Å². The van der Waals surface area contributed by atoms with Crippen molar-refractivity contribution in [1.82, 2.24) is 14.7 Å². The van der Waals surface area contributed by atoms with Gasteiger partial charge in [0.25, 0.3) is 0 Å². The fourth-order valence-corrected chi connectivity index (χ4v) is 5.31. The summed E-state index contributed by atoms with van der Waals surface area (Å²) in [5.41, 5.74) is 4.23. The molecule has 4 nitrogen and oxygen atoms in total. The summed E-state index contributed by atoms with van der Waals surface area (Å²) in [7, 11) is 0. The summed E-state index contributed by atoms with van der Waals surface area (Å²) in [4.78, 5) is 20.1. The van der Waals surface area contributed by atoms with E-state index in [0.717, 1.165) is 51.6 Å². The molecule has 0 spiro atoms. The van der Waals surface area contributed by atoms with Gasteiger partial charge in [-0.1, -0.05) is 18.2 Å². The first kappa shape index (κ1) is 19.9. The SMILES string of the molecule is Cc1ccc(CN2CCC(N3CCC(C(=O)N4CCCC4)CC3)CC2)cc1C. The number of carbonyl (C=O) groups excluding carboxylic acids is 1. The van der Waals surface area contributed by atoms with Crippen molar-refractivity contribution in [1.29, 1.82) is 0 Å². The predicted molar refractivity (Wildman–Crippen MR) is 114 cm³/mol. The van der Waals surface area contributed by atoms with Crippen molar-refractivity contribution in [3.63, 3.8) is 0 Å². The van der Waals surface area contributed by atoms with E-state index in [1.807, 2.05) is 0 Å². The summed E-state index contributed by atoms with van der Waals surface area (Å²) >= 11 is 0. The van der Waals surface area contributed by atoms with Crippen molar-refractivity contribution in [3.8, 4) is 0 Å². The van der Waals surface area contributed by atoms with Crippen molar-refractivity contribution < 1.29 is 4.79 Å². The second-order valence-electron chi connectivity index (χ2n) is 9.27. The first-order chi connectivity index (χ1) is 13.6. The van der Waals surface area contributed by atoms with E-state index in [4.69, 9.17) is 0 Å². The molecule has 0 radical (unpaired) electrons. The Kier molecular flexibility index (Phi) is 6.37. The third-order valence-electron chi connectivity index (χ3n) is 7.35. The van der Waals surface area contributed by atoms with E-state index in [0.29, 0.717) is 11.8 Å². The smallest absolute Gasteiger partial charge is 0.225 e. The largest absolute Gasteiger partial charge is 0.342 e. The number of carbonyl (C=O) groups is 1. The number of aryl methyl sites for hydroxylation is 2. The van der Waals surface area contributed by atoms with Crippen LogP contribution in [0.5, 0.6) is 0 Å². The Balaban J connectivity index is 1.21. The number of hydrogen-bond acceptors (Lipinski definition) is 3. The lowest BCUT2D eigenvalue weighted by Crippen LogP contribution is -2.49. The molecule has 3 fully saturated rings. The number of piperidine rings is 2. The first-order valence-electron chi connectivity index (χ1n) is 11.4. The summed E-state index contributed by atoms with van der Waals surface area (Å²) in [6.45, 7) is 12.1. The summed E-state index contributed by atoms with van der Waals surface area (Å²) in [5, 5.41) is 0. The molecule has 28 heavy (non-hydrogen) atoms. The predicted octanol–water partition coefficient (Wildman–Crippen LogP) is 3.60. The maximum Gasteiger partial charge on any atom is 0.225 e. The van der Waals surface area contributed by atoms with Crippen LogP contribution in [0.15, 0.2) is 18.2 Å². The van der Waals surface area contributed by atoms with E-state index < -0.39 is 0 Å². The molecule has 3 heterocycles. The van der Waals surface area contributed by atoms with Gasteiger partial charge < -0.3 is 9.80 Å². The molecule has 4 rings (SSSR count). The van der Waals surface area contributed by atoms with Gasteiger partial charge in [-0.15, -0.1) is 0 Å². The van der Waals surface area contributed by atoms with E-state index in [2.05, 4.69) is 46.7 Å². The van der Waals surface area contributed by atoms with Crippen LogP contribution in [0.1, 0.15) is 55.2 Å². The Morgan fingerprint density at radius 2 is 1.57 bits per heavy atom. The van der Waals surface area contributed by atoms with Crippen molar-refractivity contribution in [2.24, 2.45) is 5.92 Å². The standard InChI is InChI=1S/C24H37N3O/c1-19-5-6-21(17-20(19)2)18-25-13-9-23(10-14-25)26-15-7-22(8-16-26)24(28)27-11-3-4-12-27/h5-6,17,22-23H,3-4,7-16,18H2,1-2H3. The zero-order valence-electron chi connectivity index (χ0n) is 17.8. The number of nitrogens with zero attached hydrogens (tertiary/aromatic N) is 3. The zero-order valence-corrected chi connectivity index (χ0v) is 17.8. The molecule has 1 aromatic carbocycles. The van der Waals surface area contributed by atoms with E-state index in [9.17, 15) is 4.79 Å². The quantitative estimate of drug-likeness (QED) is 0.795. The first-order valence-corrected chi connectivity index (χ1v) is 11.4. The summed E-state index contributed by atoms with van der Waals surface area (Å²) in [5.74, 6) is 0.736. The van der Waals surface area contributed by atoms with E-state index in [-0.39, 0.29) is 0 Å². The van der Waals surface area contributed by atoms with Gasteiger partial charge in [0.1, 0.15) is 0 Å². The van der Waals surface area contributed by atoms with Gasteiger partial charge in [-0.25, -0.2) is 0 Å². The van der Waals surface area contributed by atoms with Crippen molar-refractivity contribution >= 4 is 5.91 Å². The number of benzene rings is 1. The van der Waals surface area contributed by atoms with Gasteiger partial charge in [0, 0.05) is 31.6 Å². The normalized spacial score (nSPS) is 23.4. The lowest BCUT2D eigenvalue weighted by Gasteiger charge is -2.42. The second-order valence-corrected chi connectivity index (χ2v) is 9.27. The molecule has 1 amide bonds. The van der Waals surface area contributed by atoms with Crippen LogP contribution < -0.4 is 0 Å². The maximum absolute atomic E-state index is 12.6. The summed E-state index contributed by atoms with van der Waals surface area (Å²) in [6, 6.07) is 7.62. The second kappa shape index (κ2) is 8.96. The average molecular weight is 384 g/mol. The highest BCUT2D eigenvalue weighted by Crippen LogP contribution is 2.27. The Labute approximate surface area is 170 Å². The van der Waals surface area contributed by atoms with Gasteiger partial charge in [-0.05, 0) is 95.2 Å². The van der Waals surface area contributed by atoms with Gasteiger partial charge in [0.05, 0.1) is 0 Å². The molecular weight excluding hydrogens is 346 g/mol. The topological polar surface area (TPSA) is 26.8 Å². The van der Waals surface area contributed by atoms with Crippen LogP contribution in [0.4, 0.5) is 0 Å². The fourth-order valence-electron chi connectivity index (χ4n) is 5.31. The van der Waals surface area contributed by atoms with Crippen LogP contribution in [0.25, 0.3) is 0 Å². The van der Waals surface area contributed by atoms with Gasteiger partial charge in [-0.3, -0.25) is 9.69 Å². The van der Waals surface area contributed by atoms with Crippen LogP contribution in [0, 0.1) is 19.8 Å². The zero-order chi connectivity index (χ0) is 19.5. The lowest BCUT2D eigenvalue weighted by molar-refractivity contribution is -0.136. The minimum atomic E-state index is 0.291. The van der Waals surface area contributed by atoms with Gasteiger partial charge in [0.2, 0.25) is 5.91 Å². The molecular formula is C24H37N3O. The molecule has 0 N–H and O–H groups in total. The highest BCUT2D eigenvalue weighted by Gasteiger charge is 2.33. The number of amides is 1. The molecule has 1 aromatic rings. The molecule has 3 aliphatic heterocycles. The molecule has 3 saturated heterocycles. The van der Waals surface area contributed by atoms with Crippen LogP contribution in [0.3, 0.4) is 0 Å². The number of rotatable bonds is 4. The van der Waals surface area contributed by atoms with E-state index in [1.54, 1.807) is 0 Å². The molecule has 0 atom stereocenters. The van der Waals surface area contributed by atoms with Crippen LogP contribution in [-0.4, -0.2) is 65.9 Å². The Morgan fingerprint density at radius 3 is 2.21 bits per heavy atom. The Bertz CT molecular complexity index is 666. The van der Waals surface area contributed by atoms with Gasteiger partial charge in [-0.2, -0.15) is 0 Å². The highest BCUT2D eigenvalue weighted by atomic mass is 16.2. The van der Waals surface area contributed by atoms with Crippen LogP contribution in [-0.2, 0) is 11.3 Å². The third kappa shape index (κ3) is 4.60. The van der Waals surface area contributed by atoms with Crippen LogP contribution >= 0.6 is 0 Å². The maximum atomic E-state index is 12.6. The number of hydrogen-bond donors (Lipinski definition) is 0. The molecule has 3 aliphatic rings. The third-order valence-corrected chi connectivity index (χ3v) is 7.35. The van der Waals surface area contributed by atoms with Gasteiger partial charge >= 0.3 is 0 Å². The average Bonchev–Trinajstić information content (AvgIpc) is 3.26. The minimum absolute atomic E-state index is 0.291. The highest BCUT2D eigenvalue weighted by molar-refractivity contribution is 5.79. The van der Waals surface area contributed by atoms with E-state index >= 15 is 0 Å². The van der Waals surface area contributed by atoms with Crippen LogP contribution in [0.2, 0.25) is 0 Å². The molecule has 154 valence electrons. The molecule has 0 bridgehead atoms. The minimum Gasteiger partial charge on any atom is -0.342 e. The van der Waals surface area contributed by atoms with Crippen molar-refractivity contribution in [2.75, 3.05) is 39.3 Å². The van der Waals surface area contributed by atoms with Crippen molar-refractivity contribution in [3.05, 3.63) is 34.9 Å². The molecule has 0 aromatic heterocycles. The summed E-state index contributed by atoms with van der Waals surface area (Å²) in [6.07, 6.45) is 7.08. The monoisotopic (exact) mass is 383 g/mol. The molecule has 0 saturated carbocycles. The summed E-state index contributed by atoms with van der Waals surface area (Å²) < 4.78 is 0. The Hall–Kier alpha value is -1.39. The Morgan fingerprint density at radius 1 is 0.893 bits per heavy atom. The fraction of sp³-hybridized carbons (Fsp3) is 0.708. The molecule has 4 heteroatoms. The number of likely N-dealkylation sites (tertiary alicyclic amines) is 3. The van der Waals surface area contributed by atoms with E-state index in [1.165, 1.54) is 55.5 Å². The molecule has 0 aliphatic carbocycles.